The topological polar surface area (TPSA) is 90.9 Å². The largest absolute Gasteiger partial charge is 0.291 e. The molecule has 0 aliphatic carbocycles. The Kier molecular flexibility index (Phi) is 5.26. The monoisotopic (exact) mass is 458 g/mol. The fourth-order valence-corrected chi connectivity index (χ4v) is 4.80. The predicted octanol–water partition coefficient (Wildman–Crippen LogP) is 4.89. The third-order valence-electron chi connectivity index (χ3n) is 4.95. The molecule has 0 aliphatic rings. The van der Waals surface area contributed by atoms with Gasteiger partial charge in [0.15, 0.2) is 5.65 Å². The van der Waals surface area contributed by atoms with Gasteiger partial charge in [-0.1, -0.05) is 30.0 Å². The van der Waals surface area contributed by atoms with Crippen molar-refractivity contribution < 1.29 is 8.42 Å². The summed E-state index contributed by atoms with van der Waals surface area (Å²) in [6.45, 7) is 0. The van der Waals surface area contributed by atoms with Crippen molar-refractivity contribution in [2.45, 2.75) is 14.7 Å². The average molecular weight is 459 g/mol. The van der Waals surface area contributed by atoms with Gasteiger partial charge < -0.3 is 0 Å². The highest BCUT2D eigenvalue weighted by molar-refractivity contribution is 7.99. The van der Waals surface area contributed by atoms with Crippen LogP contribution in [0.5, 0.6) is 0 Å². The molecule has 0 atom stereocenters. The first-order chi connectivity index (χ1) is 15.5. The van der Waals surface area contributed by atoms with Crippen LogP contribution in [-0.4, -0.2) is 23.0 Å². The van der Waals surface area contributed by atoms with E-state index in [-0.39, 0.29) is 4.90 Å². The number of rotatable bonds is 5. The highest BCUT2D eigenvalue weighted by atomic mass is 32.2. The Morgan fingerprint density at radius 1 is 0.781 bits per heavy atom. The molecule has 0 spiro atoms. The Morgan fingerprint density at radius 3 is 2.16 bits per heavy atom. The van der Waals surface area contributed by atoms with Gasteiger partial charge in [0.05, 0.1) is 10.4 Å². The van der Waals surface area contributed by atoms with Crippen molar-refractivity contribution in [3.8, 4) is 17.1 Å². The standard InChI is InChI=1S/C24H18N4O2S2/c25-32(29,30)21-14-8-17(9-15-21)24-27-23-22(7-4-16-26-23)28(24)18-10-12-20(13-11-18)31-19-5-2-1-3-6-19/h1-16H,(H2,25,29,30). The van der Waals surface area contributed by atoms with Gasteiger partial charge >= 0.3 is 0 Å². The van der Waals surface area contributed by atoms with Crippen molar-refractivity contribution in [2.75, 3.05) is 0 Å². The second-order valence-electron chi connectivity index (χ2n) is 7.10. The Morgan fingerprint density at radius 2 is 1.47 bits per heavy atom. The Bertz CT molecular complexity index is 1500. The van der Waals surface area contributed by atoms with E-state index in [9.17, 15) is 8.42 Å². The zero-order valence-electron chi connectivity index (χ0n) is 16.8. The summed E-state index contributed by atoms with van der Waals surface area (Å²) in [5.41, 5.74) is 3.17. The summed E-state index contributed by atoms with van der Waals surface area (Å²) in [4.78, 5) is 11.5. The van der Waals surface area contributed by atoms with Gasteiger partial charge in [-0.05, 0) is 72.8 Å². The van der Waals surface area contributed by atoms with Gasteiger partial charge in [-0.25, -0.2) is 23.5 Å². The molecule has 0 bridgehead atoms. The van der Waals surface area contributed by atoms with Crippen LogP contribution in [0.25, 0.3) is 28.2 Å². The van der Waals surface area contributed by atoms with Crippen LogP contribution in [0.3, 0.4) is 0 Å². The highest BCUT2D eigenvalue weighted by Gasteiger charge is 2.16. The second kappa shape index (κ2) is 8.23. The SMILES string of the molecule is NS(=O)(=O)c1ccc(-c2nc3ncccc3n2-c2ccc(Sc3ccccc3)cc2)cc1. The molecule has 158 valence electrons. The molecule has 8 heteroatoms. The maximum Gasteiger partial charge on any atom is 0.238 e. The van der Waals surface area contributed by atoms with E-state index in [1.165, 1.54) is 17.0 Å². The molecule has 0 radical (unpaired) electrons. The molecule has 3 aromatic carbocycles. The zero-order chi connectivity index (χ0) is 22.1. The summed E-state index contributed by atoms with van der Waals surface area (Å²) < 4.78 is 25.3. The van der Waals surface area contributed by atoms with Gasteiger partial charge in [0.25, 0.3) is 0 Å². The van der Waals surface area contributed by atoms with Crippen molar-refractivity contribution in [3.63, 3.8) is 0 Å². The van der Waals surface area contributed by atoms with Crippen LogP contribution in [0.15, 0.2) is 112 Å². The summed E-state index contributed by atoms with van der Waals surface area (Å²) in [5, 5.41) is 5.24. The Hall–Kier alpha value is -3.46. The van der Waals surface area contributed by atoms with Gasteiger partial charge in [-0.2, -0.15) is 0 Å². The maximum absolute atomic E-state index is 11.6. The van der Waals surface area contributed by atoms with Crippen molar-refractivity contribution in [1.29, 1.82) is 0 Å². The maximum atomic E-state index is 11.6. The normalized spacial score (nSPS) is 11.7. The molecular formula is C24H18N4O2S2. The van der Waals surface area contributed by atoms with Crippen LogP contribution >= 0.6 is 11.8 Å². The molecule has 5 rings (SSSR count). The van der Waals surface area contributed by atoms with Crippen molar-refractivity contribution in [2.24, 2.45) is 5.14 Å². The van der Waals surface area contributed by atoms with E-state index in [1.54, 1.807) is 30.1 Å². The van der Waals surface area contributed by atoms with Crippen LogP contribution in [0, 0.1) is 0 Å². The third-order valence-corrected chi connectivity index (χ3v) is 6.89. The molecule has 0 aliphatic heterocycles. The molecule has 5 aromatic rings. The number of imidazole rings is 1. The molecule has 6 nitrogen and oxygen atoms in total. The van der Waals surface area contributed by atoms with E-state index < -0.39 is 10.0 Å². The van der Waals surface area contributed by atoms with Crippen molar-refractivity contribution in [1.82, 2.24) is 14.5 Å². The lowest BCUT2D eigenvalue weighted by Gasteiger charge is -2.11. The Labute approximate surface area is 189 Å². The molecule has 0 saturated heterocycles. The van der Waals surface area contributed by atoms with Crippen LogP contribution in [0.1, 0.15) is 0 Å². The quantitative estimate of drug-likeness (QED) is 0.405. The molecule has 2 heterocycles. The van der Waals surface area contributed by atoms with Gasteiger partial charge in [0.1, 0.15) is 5.82 Å². The number of benzene rings is 3. The smallest absolute Gasteiger partial charge is 0.238 e. The highest BCUT2D eigenvalue weighted by Crippen LogP contribution is 2.31. The number of hydrogen-bond donors (Lipinski definition) is 1. The minimum atomic E-state index is -3.76. The number of sulfonamides is 1. The Balaban J connectivity index is 1.58. The predicted molar refractivity (Wildman–Crippen MR) is 126 cm³/mol. The summed E-state index contributed by atoms with van der Waals surface area (Å²) in [5.74, 6) is 0.670. The lowest BCUT2D eigenvalue weighted by atomic mass is 10.2. The molecular weight excluding hydrogens is 440 g/mol. The summed E-state index contributed by atoms with van der Waals surface area (Å²) in [6, 6.07) is 28.7. The van der Waals surface area contributed by atoms with Gasteiger partial charge in [0.2, 0.25) is 10.0 Å². The number of primary sulfonamides is 1. The first-order valence-corrected chi connectivity index (χ1v) is 12.2. The van der Waals surface area contributed by atoms with Gasteiger partial charge in [-0.15, -0.1) is 0 Å². The van der Waals surface area contributed by atoms with E-state index in [2.05, 4.69) is 29.2 Å². The number of aromatic nitrogens is 3. The van der Waals surface area contributed by atoms with Gasteiger partial charge in [-0.3, -0.25) is 4.57 Å². The third kappa shape index (κ3) is 4.03. The summed E-state index contributed by atoms with van der Waals surface area (Å²) >= 11 is 1.70. The van der Waals surface area contributed by atoms with E-state index in [0.29, 0.717) is 11.5 Å². The average Bonchev–Trinajstić information content (AvgIpc) is 3.19. The summed E-state index contributed by atoms with van der Waals surface area (Å²) in [7, 11) is -3.76. The number of nitrogens with zero attached hydrogens (tertiary/aromatic N) is 3. The van der Waals surface area contributed by atoms with E-state index >= 15 is 0 Å². The lowest BCUT2D eigenvalue weighted by Crippen LogP contribution is -2.11. The van der Waals surface area contributed by atoms with E-state index in [0.717, 1.165) is 21.7 Å². The number of fused-ring (bicyclic) bond motifs is 1. The van der Waals surface area contributed by atoms with Crippen LogP contribution in [0.4, 0.5) is 0 Å². The molecule has 2 aromatic heterocycles. The molecule has 32 heavy (non-hydrogen) atoms. The molecule has 0 unspecified atom stereocenters. The first-order valence-electron chi connectivity index (χ1n) is 9.79. The fourth-order valence-electron chi connectivity index (χ4n) is 3.45. The molecule has 2 N–H and O–H groups in total. The number of pyridine rings is 1. The van der Waals surface area contributed by atoms with E-state index in [4.69, 9.17) is 10.1 Å². The van der Waals surface area contributed by atoms with Crippen molar-refractivity contribution >= 4 is 32.9 Å². The second-order valence-corrected chi connectivity index (χ2v) is 9.80. The van der Waals surface area contributed by atoms with Gasteiger partial charge in [0, 0.05) is 27.2 Å². The number of nitrogens with two attached hydrogens (primary N) is 1. The van der Waals surface area contributed by atoms with E-state index in [1.807, 2.05) is 47.0 Å². The summed E-state index contributed by atoms with van der Waals surface area (Å²) in [6.07, 6.45) is 1.70. The molecule has 0 saturated carbocycles. The molecule has 0 fully saturated rings. The zero-order valence-corrected chi connectivity index (χ0v) is 18.4. The number of hydrogen-bond acceptors (Lipinski definition) is 5. The van der Waals surface area contributed by atoms with Crippen molar-refractivity contribution in [3.05, 3.63) is 97.2 Å². The van der Waals surface area contributed by atoms with Crippen LogP contribution < -0.4 is 5.14 Å². The van der Waals surface area contributed by atoms with Crippen LogP contribution in [-0.2, 0) is 10.0 Å². The minimum Gasteiger partial charge on any atom is -0.291 e. The lowest BCUT2D eigenvalue weighted by molar-refractivity contribution is 0.598. The fraction of sp³-hybridized carbons (Fsp3) is 0. The first kappa shape index (κ1) is 20.4. The van der Waals surface area contributed by atoms with Crippen LogP contribution in [0.2, 0.25) is 0 Å². The minimum absolute atomic E-state index is 0.0596. The molecule has 0 amide bonds.